The van der Waals surface area contributed by atoms with Crippen molar-refractivity contribution in [2.45, 2.75) is 46.1 Å². The van der Waals surface area contributed by atoms with Gasteiger partial charge in [0.2, 0.25) is 0 Å². The fraction of sp³-hybridized carbons (Fsp3) is 0.727. The number of rotatable bonds is 7. The molecule has 0 aliphatic rings. The second kappa shape index (κ2) is 6.25. The van der Waals surface area contributed by atoms with Crippen LogP contribution in [0.25, 0.3) is 0 Å². The van der Waals surface area contributed by atoms with E-state index in [1.165, 1.54) is 31.7 Å². The molecule has 1 unspecified atom stereocenters. The van der Waals surface area contributed by atoms with Crippen LogP contribution in [0.2, 0.25) is 0 Å². The van der Waals surface area contributed by atoms with Crippen molar-refractivity contribution < 1.29 is 4.92 Å². The summed E-state index contributed by atoms with van der Waals surface area (Å²) in [6.45, 7) is 5.11. The first kappa shape index (κ1) is 12.7. The summed E-state index contributed by atoms with van der Waals surface area (Å²) in [5.41, 5.74) is 0.0744. The minimum Gasteiger partial charge on any atom is -0.265 e. The average Bonchev–Trinajstić information content (AvgIpc) is 2.72. The number of nitro groups is 1. The quantitative estimate of drug-likeness (QED) is 0.529. The number of hydrogen-bond donors (Lipinski definition) is 0. The fourth-order valence-electron chi connectivity index (χ4n) is 1.73. The Bertz CT molecular complexity index is 336. The van der Waals surface area contributed by atoms with Crippen molar-refractivity contribution in [1.82, 2.24) is 9.78 Å². The Hall–Kier alpha value is -1.39. The third kappa shape index (κ3) is 3.64. The fourth-order valence-corrected chi connectivity index (χ4v) is 1.73. The molecule has 0 aliphatic heterocycles. The zero-order chi connectivity index (χ0) is 12.0. The van der Waals surface area contributed by atoms with Crippen LogP contribution in [0.3, 0.4) is 0 Å². The van der Waals surface area contributed by atoms with Crippen LogP contribution in [-0.4, -0.2) is 14.7 Å². The molecule has 1 heterocycles. The average molecular weight is 225 g/mol. The molecular weight excluding hydrogens is 206 g/mol. The lowest BCUT2D eigenvalue weighted by atomic mass is 10.00. The van der Waals surface area contributed by atoms with Crippen molar-refractivity contribution >= 4 is 5.69 Å². The largest absolute Gasteiger partial charge is 0.306 e. The second-order valence-corrected chi connectivity index (χ2v) is 4.09. The molecule has 1 rings (SSSR count). The normalized spacial score (nSPS) is 12.6. The van der Waals surface area contributed by atoms with Gasteiger partial charge in [-0.2, -0.15) is 5.10 Å². The van der Waals surface area contributed by atoms with Gasteiger partial charge in [0.15, 0.2) is 0 Å². The van der Waals surface area contributed by atoms with E-state index in [1.807, 2.05) is 0 Å². The molecular formula is C11H19N3O2. The molecule has 5 nitrogen and oxygen atoms in total. The number of aromatic nitrogens is 2. The van der Waals surface area contributed by atoms with E-state index in [-0.39, 0.29) is 5.69 Å². The highest BCUT2D eigenvalue weighted by molar-refractivity contribution is 5.20. The van der Waals surface area contributed by atoms with Gasteiger partial charge in [-0.05, 0) is 12.3 Å². The summed E-state index contributed by atoms with van der Waals surface area (Å²) in [5, 5.41) is 14.5. The molecule has 16 heavy (non-hydrogen) atoms. The first-order valence-corrected chi connectivity index (χ1v) is 5.84. The molecule has 0 saturated carbocycles. The van der Waals surface area contributed by atoms with Gasteiger partial charge in [-0.25, -0.2) is 0 Å². The monoisotopic (exact) mass is 225 g/mol. The molecule has 0 aliphatic carbocycles. The molecule has 1 aromatic rings. The van der Waals surface area contributed by atoms with E-state index < -0.39 is 4.92 Å². The van der Waals surface area contributed by atoms with E-state index >= 15 is 0 Å². The highest BCUT2D eigenvalue weighted by Crippen LogP contribution is 2.16. The third-order valence-corrected chi connectivity index (χ3v) is 2.82. The van der Waals surface area contributed by atoms with Gasteiger partial charge >= 0.3 is 5.69 Å². The standard InChI is InChI=1S/C11H19N3O2/c1-3-5-6-10(4-2)8-13-9-11(7-12-13)14(15)16/h7,9-10H,3-6,8H2,1-2H3. The molecule has 0 bridgehead atoms. The van der Waals surface area contributed by atoms with Crippen molar-refractivity contribution in [3.63, 3.8) is 0 Å². The van der Waals surface area contributed by atoms with Crippen LogP contribution in [0.5, 0.6) is 0 Å². The van der Waals surface area contributed by atoms with Gasteiger partial charge in [0.25, 0.3) is 0 Å². The Kier molecular flexibility index (Phi) is 4.95. The first-order valence-electron chi connectivity index (χ1n) is 5.84. The van der Waals surface area contributed by atoms with Crippen LogP contribution in [0.15, 0.2) is 12.4 Å². The number of hydrogen-bond acceptors (Lipinski definition) is 3. The molecule has 1 aromatic heterocycles. The summed E-state index contributed by atoms with van der Waals surface area (Å²) in [7, 11) is 0. The van der Waals surface area contributed by atoms with Gasteiger partial charge in [-0.3, -0.25) is 14.8 Å². The van der Waals surface area contributed by atoms with E-state index in [1.54, 1.807) is 4.68 Å². The Morgan fingerprint density at radius 1 is 1.56 bits per heavy atom. The molecule has 5 heteroatoms. The summed E-state index contributed by atoms with van der Waals surface area (Å²) in [6.07, 6.45) is 7.48. The maximum Gasteiger partial charge on any atom is 0.306 e. The molecule has 0 spiro atoms. The molecule has 0 saturated heterocycles. The lowest BCUT2D eigenvalue weighted by molar-refractivity contribution is -0.385. The SMILES string of the molecule is CCCCC(CC)Cn1cc([N+](=O)[O-])cn1. The minimum atomic E-state index is -0.406. The molecule has 0 aromatic carbocycles. The predicted octanol–water partition coefficient (Wildman–Crippen LogP) is 3.01. The van der Waals surface area contributed by atoms with E-state index in [0.717, 1.165) is 13.0 Å². The lowest BCUT2D eigenvalue weighted by Crippen LogP contribution is -2.10. The van der Waals surface area contributed by atoms with E-state index in [9.17, 15) is 10.1 Å². The molecule has 0 radical (unpaired) electrons. The maximum absolute atomic E-state index is 10.5. The Morgan fingerprint density at radius 3 is 2.81 bits per heavy atom. The first-order chi connectivity index (χ1) is 7.67. The summed E-state index contributed by atoms with van der Waals surface area (Å²) < 4.78 is 1.68. The summed E-state index contributed by atoms with van der Waals surface area (Å²) in [4.78, 5) is 10.1. The van der Waals surface area contributed by atoms with Crippen LogP contribution >= 0.6 is 0 Å². The predicted molar refractivity (Wildman–Crippen MR) is 62.2 cm³/mol. The van der Waals surface area contributed by atoms with Crippen LogP contribution in [0.1, 0.15) is 39.5 Å². The summed E-state index contributed by atoms with van der Waals surface area (Å²) in [6, 6.07) is 0. The zero-order valence-corrected chi connectivity index (χ0v) is 9.93. The van der Waals surface area contributed by atoms with Crippen LogP contribution in [-0.2, 0) is 6.54 Å². The lowest BCUT2D eigenvalue weighted by Gasteiger charge is -2.13. The third-order valence-electron chi connectivity index (χ3n) is 2.82. The Labute approximate surface area is 95.6 Å². The van der Waals surface area contributed by atoms with Crippen LogP contribution in [0.4, 0.5) is 5.69 Å². The van der Waals surface area contributed by atoms with E-state index in [4.69, 9.17) is 0 Å². The molecule has 90 valence electrons. The summed E-state index contributed by atoms with van der Waals surface area (Å²) in [5.74, 6) is 0.569. The van der Waals surface area contributed by atoms with Gasteiger partial charge in [-0.15, -0.1) is 0 Å². The second-order valence-electron chi connectivity index (χ2n) is 4.09. The molecule has 0 N–H and O–H groups in total. The van der Waals surface area contributed by atoms with Gasteiger partial charge < -0.3 is 0 Å². The molecule has 1 atom stereocenters. The number of unbranched alkanes of at least 4 members (excludes halogenated alkanes) is 1. The van der Waals surface area contributed by atoms with Gasteiger partial charge in [-0.1, -0.05) is 33.1 Å². The number of nitrogens with zero attached hydrogens (tertiary/aromatic N) is 3. The van der Waals surface area contributed by atoms with Crippen molar-refractivity contribution in [2.24, 2.45) is 5.92 Å². The van der Waals surface area contributed by atoms with Crippen molar-refractivity contribution in [3.8, 4) is 0 Å². The Balaban J connectivity index is 2.52. The van der Waals surface area contributed by atoms with Crippen molar-refractivity contribution in [3.05, 3.63) is 22.5 Å². The van der Waals surface area contributed by atoms with E-state index in [0.29, 0.717) is 5.92 Å². The molecule has 0 amide bonds. The highest BCUT2D eigenvalue weighted by atomic mass is 16.6. The Morgan fingerprint density at radius 2 is 2.31 bits per heavy atom. The smallest absolute Gasteiger partial charge is 0.265 e. The topological polar surface area (TPSA) is 61.0 Å². The van der Waals surface area contributed by atoms with Gasteiger partial charge in [0.1, 0.15) is 12.4 Å². The van der Waals surface area contributed by atoms with Crippen LogP contribution < -0.4 is 0 Å². The minimum absolute atomic E-state index is 0.0744. The maximum atomic E-state index is 10.5. The van der Waals surface area contributed by atoms with Crippen molar-refractivity contribution in [1.29, 1.82) is 0 Å². The highest BCUT2D eigenvalue weighted by Gasteiger charge is 2.12. The van der Waals surface area contributed by atoms with Gasteiger partial charge in [0, 0.05) is 6.54 Å². The van der Waals surface area contributed by atoms with Gasteiger partial charge in [0.05, 0.1) is 4.92 Å². The summed E-state index contributed by atoms with van der Waals surface area (Å²) >= 11 is 0. The molecule has 0 fully saturated rings. The van der Waals surface area contributed by atoms with E-state index in [2.05, 4.69) is 18.9 Å². The van der Waals surface area contributed by atoms with Crippen LogP contribution in [0, 0.1) is 16.0 Å². The zero-order valence-electron chi connectivity index (χ0n) is 9.93. The van der Waals surface area contributed by atoms with Crippen molar-refractivity contribution in [2.75, 3.05) is 0 Å².